The molecule has 0 spiro atoms. The molecule has 0 N–H and O–H groups in total. The van der Waals surface area contributed by atoms with E-state index in [2.05, 4.69) is 178 Å². The Hall–Kier alpha value is -3.64. The molecule has 0 amide bonds. The molecule has 0 saturated carbocycles. The smallest absolute Gasteiger partial charge is 0.255 e. The SMILES string of the molecule is CCCCCC/C=C/CCc1cc(N=CC(CCCC)=Nc2cc(CC/C=C/CCCCCC)c(CC/C=C/CCCCCC)c(CC/C=C/CCCCCC)c2CC/C=C/CCCCCC)c(CC/C=C/CCCCCC)c(CC/C=C/CCCCCC)c1CC/C=C/CCCCCC.[Pd+2]. The van der Waals surface area contributed by atoms with Crippen molar-refractivity contribution in [3.63, 3.8) is 0 Å². The molecule has 0 atom stereocenters. The van der Waals surface area contributed by atoms with Crippen LogP contribution in [0.1, 0.15) is 434 Å². The van der Waals surface area contributed by atoms with Crippen molar-refractivity contribution in [2.24, 2.45) is 9.98 Å². The minimum atomic E-state index is 0. The molecule has 574 valence electrons. The van der Waals surface area contributed by atoms with Crippen LogP contribution in [0, 0.1) is 0 Å². The largest absolute Gasteiger partial charge is 2.00 e. The van der Waals surface area contributed by atoms with E-state index in [0.29, 0.717) is 0 Å². The van der Waals surface area contributed by atoms with E-state index < -0.39 is 0 Å². The number of hydrogen-bond acceptors (Lipinski definition) is 2. The monoisotopic (exact) mass is 1480 g/mol. The van der Waals surface area contributed by atoms with Crippen LogP contribution in [0.3, 0.4) is 0 Å². The normalized spacial score (nSPS) is 12.6. The van der Waals surface area contributed by atoms with Crippen molar-refractivity contribution in [2.75, 3.05) is 0 Å². The van der Waals surface area contributed by atoms with Crippen LogP contribution >= 0.6 is 0 Å². The van der Waals surface area contributed by atoms with Crippen molar-refractivity contribution in [2.45, 2.75) is 441 Å². The molecular weight excluding hydrogens is 1310 g/mol. The number of benzene rings is 2. The topological polar surface area (TPSA) is 24.7 Å². The summed E-state index contributed by atoms with van der Waals surface area (Å²) < 4.78 is 0. The van der Waals surface area contributed by atoms with Crippen LogP contribution in [0.25, 0.3) is 0 Å². The molecule has 0 aliphatic heterocycles. The van der Waals surface area contributed by atoms with Crippen molar-refractivity contribution in [1.29, 1.82) is 0 Å². The van der Waals surface area contributed by atoms with Gasteiger partial charge in [0.25, 0.3) is 0 Å². The molecule has 0 saturated heterocycles. The summed E-state index contributed by atoms with van der Waals surface area (Å²) in [5.41, 5.74) is 16.1. The van der Waals surface area contributed by atoms with E-state index in [-0.39, 0.29) is 20.4 Å². The molecule has 0 aliphatic carbocycles. The van der Waals surface area contributed by atoms with Crippen molar-refractivity contribution in [3.8, 4) is 0 Å². The summed E-state index contributed by atoms with van der Waals surface area (Å²) >= 11 is 0. The molecule has 2 aromatic rings. The van der Waals surface area contributed by atoms with Gasteiger partial charge in [-0.2, -0.15) is 0 Å². The zero-order chi connectivity index (χ0) is 71.9. The first-order valence-electron chi connectivity index (χ1n) is 44.1. The molecule has 0 heterocycles. The molecule has 2 nitrogen and oxygen atoms in total. The molecular formula is C98H164N2Pd+2. The molecule has 0 aliphatic rings. The van der Waals surface area contributed by atoms with E-state index in [1.165, 1.54) is 290 Å². The van der Waals surface area contributed by atoms with E-state index >= 15 is 0 Å². The average molecular weight is 1480 g/mol. The number of hydrogen-bond donors (Lipinski definition) is 0. The Morgan fingerprint density at radius 1 is 0.228 bits per heavy atom. The summed E-state index contributed by atoms with van der Waals surface area (Å²) in [4.78, 5) is 12.0. The van der Waals surface area contributed by atoms with Gasteiger partial charge < -0.3 is 0 Å². The first kappa shape index (κ1) is 95.4. The maximum atomic E-state index is 6.08. The fourth-order valence-corrected chi connectivity index (χ4v) is 14.2. The number of aliphatic imine (C=N–C) groups is 2. The van der Waals surface area contributed by atoms with Gasteiger partial charge in [0.1, 0.15) is 0 Å². The van der Waals surface area contributed by atoms with Crippen molar-refractivity contribution in [1.82, 2.24) is 0 Å². The van der Waals surface area contributed by atoms with Gasteiger partial charge >= 0.3 is 20.4 Å². The molecule has 3 heteroatoms. The Morgan fingerprint density at radius 3 is 0.713 bits per heavy atom. The van der Waals surface area contributed by atoms with Crippen molar-refractivity contribution < 1.29 is 20.4 Å². The maximum absolute atomic E-state index is 6.08. The number of allylic oxidation sites excluding steroid dienone is 16. The Morgan fingerprint density at radius 2 is 0.446 bits per heavy atom. The van der Waals surface area contributed by atoms with Gasteiger partial charge in [-0.05, 0) is 275 Å². The van der Waals surface area contributed by atoms with Gasteiger partial charge in [-0.15, -0.1) is 0 Å². The predicted molar refractivity (Wildman–Crippen MR) is 457 cm³/mol. The Kier molecular flexibility index (Phi) is 69.2. The third-order valence-electron chi connectivity index (χ3n) is 20.5. The average Bonchev–Trinajstić information content (AvgIpc) is 0.799. The first-order chi connectivity index (χ1) is 49.5. The molecule has 0 aromatic heterocycles. The van der Waals surface area contributed by atoms with Gasteiger partial charge in [-0.25, -0.2) is 0 Å². The third-order valence-corrected chi connectivity index (χ3v) is 20.5. The van der Waals surface area contributed by atoms with E-state index in [4.69, 9.17) is 9.98 Å². The number of aryl methyl sites for hydroxylation is 2. The summed E-state index contributed by atoms with van der Waals surface area (Å²) in [6.07, 6.45) is 115. The molecule has 2 rings (SSSR count). The first-order valence-corrected chi connectivity index (χ1v) is 44.1. The summed E-state index contributed by atoms with van der Waals surface area (Å²) in [6, 6.07) is 5.22. The minimum Gasteiger partial charge on any atom is -0.255 e. The fourth-order valence-electron chi connectivity index (χ4n) is 14.2. The van der Waals surface area contributed by atoms with E-state index in [0.717, 1.165) is 128 Å². The van der Waals surface area contributed by atoms with Crippen LogP contribution in [0.5, 0.6) is 0 Å². The maximum Gasteiger partial charge on any atom is 2.00 e. The van der Waals surface area contributed by atoms with Gasteiger partial charge in [-0.1, -0.05) is 320 Å². The number of nitrogens with zero attached hydrogens (tertiary/aromatic N) is 2. The Balaban J connectivity index is 0.0000510. The predicted octanol–water partition coefficient (Wildman–Crippen LogP) is 33.0. The van der Waals surface area contributed by atoms with Gasteiger partial charge in [-0.3, -0.25) is 9.98 Å². The molecule has 101 heavy (non-hydrogen) atoms. The van der Waals surface area contributed by atoms with Crippen molar-refractivity contribution in [3.05, 3.63) is 154 Å². The second kappa shape index (κ2) is 73.3. The second-order valence-electron chi connectivity index (χ2n) is 29.8. The Bertz CT molecular complexity index is 2520. The fraction of sp³-hybridized carbons (Fsp3) is 0.694. The van der Waals surface area contributed by atoms with Gasteiger partial charge in [0.2, 0.25) is 0 Å². The van der Waals surface area contributed by atoms with E-state index in [1.807, 2.05) is 0 Å². The molecule has 0 unspecified atom stereocenters. The van der Waals surface area contributed by atoms with Crippen LogP contribution in [0.4, 0.5) is 11.4 Å². The van der Waals surface area contributed by atoms with Crippen LogP contribution in [0.15, 0.2) is 119 Å². The molecule has 0 bridgehead atoms. The molecule has 2 aromatic carbocycles. The minimum absolute atomic E-state index is 0. The molecule has 0 radical (unpaired) electrons. The number of rotatable bonds is 70. The van der Waals surface area contributed by atoms with Crippen LogP contribution < -0.4 is 0 Å². The standard InChI is InChI=1S/C98H164N2.Pd/c1-10-19-28-36-44-52-60-68-76-88-85-97(95(83-74-66-58-50-42-34-25-16-7)93(81-72-64-56-48-40-32-23-14-5)91(88)79-70-62-54-46-38-30-21-12-3)99-87-90(78-27-18-9)100-98-86-89(77-69-61-53-45-37-29-20-11-2)92(80-71-63-55-47-39-31-22-13-4)94(82-73-65-57-49-41-33-24-15-6)96(98)84-75-67-59-51-43-35-26-17-8;/h52-67,85-87H,10-51,68-84H2,1-9H3;/q;+2/b60-52+,61-53+,62-54+,63-55+,64-56+,65-57+,66-58+,67-59+,99-87?,100-90?;. The Labute approximate surface area is 644 Å². The summed E-state index contributed by atoms with van der Waals surface area (Å²) in [7, 11) is 0. The van der Waals surface area contributed by atoms with Crippen molar-refractivity contribution >= 4 is 23.3 Å². The van der Waals surface area contributed by atoms with E-state index in [9.17, 15) is 0 Å². The summed E-state index contributed by atoms with van der Waals surface area (Å²) in [5, 5.41) is 0. The van der Waals surface area contributed by atoms with Crippen LogP contribution in [-0.4, -0.2) is 11.9 Å². The zero-order valence-corrected chi connectivity index (χ0v) is 70.0. The summed E-state index contributed by atoms with van der Waals surface area (Å²) in [6.45, 7) is 21.0. The van der Waals surface area contributed by atoms with Gasteiger partial charge in [0.05, 0.1) is 17.1 Å². The second-order valence-corrected chi connectivity index (χ2v) is 29.8. The molecule has 0 fully saturated rings. The summed E-state index contributed by atoms with van der Waals surface area (Å²) in [5.74, 6) is 0. The quantitative estimate of drug-likeness (QED) is 0.0273. The van der Waals surface area contributed by atoms with Gasteiger partial charge in [0, 0.05) is 6.21 Å². The number of unbranched alkanes of at least 4 members (excludes halogenated alkanes) is 33. The van der Waals surface area contributed by atoms with Gasteiger partial charge in [0.15, 0.2) is 0 Å². The van der Waals surface area contributed by atoms with Crippen LogP contribution in [-0.2, 0) is 71.8 Å². The third kappa shape index (κ3) is 51.3. The van der Waals surface area contributed by atoms with E-state index in [1.54, 1.807) is 22.3 Å². The van der Waals surface area contributed by atoms with Crippen LogP contribution in [0.2, 0.25) is 0 Å². The zero-order valence-electron chi connectivity index (χ0n) is 68.4.